The third-order valence-corrected chi connectivity index (χ3v) is 6.45. The van der Waals surface area contributed by atoms with Gasteiger partial charge in [0.05, 0.1) is 17.3 Å². The van der Waals surface area contributed by atoms with Gasteiger partial charge in [0.25, 0.3) is 6.43 Å². The third kappa shape index (κ3) is 3.13. The number of hydrogen-bond donors (Lipinski definition) is 1. The smallest absolute Gasteiger partial charge is 0.283 e. The van der Waals surface area contributed by atoms with Gasteiger partial charge in [-0.15, -0.1) is 0 Å². The van der Waals surface area contributed by atoms with E-state index in [9.17, 15) is 19.1 Å². The summed E-state index contributed by atoms with van der Waals surface area (Å²) in [4.78, 5) is 11.1. The fourth-order valence-electron chi connectivity index (χ4n) is 4.50. The summed E-state index contributed by atoms with van der Waals surface area (Å²) in [5, 5.41) is 25.2. The predicted octanol–water partition coefficient (Wildman–Crippen LogP) is 4.47. The van der Waals surface area contributed by atoms with Crippen molar-refractivity contribution in [2.24, 2.45) is 0 Å². The number of hydrogen-bond acceptors (Lipinski definition) is 6. The first-order chi connectivity index (χ1) is 16.0. The van der Waals surface area contributed by atoms with Crippen LogP contribution in [0.3, 0.4) is 0 Å². The SMILES string of the molecule is N#Cc1c(C(F)F)nn2c(N3CC(O)C3)c(-c3ccnc4cc(Cl)ccc34)c(C3CC3)nc12. The van der Waals surface area contributed by atoms with E-state index in [2.05, 4.69) is 10.1 Å². The van der Waals surface area contributed by atoms with Crippen LogP contribution in [0.5, 0.6) is 0 Å². The van der Waals surface area contributed by atoms with Crippen LogP contribution in [0.4, 0.5) is 14.6 Å². The van der Waals surface area contributed by atoms with Gasteiger partial charge in [0.15, 0.2) is 5.65 Å². The highest BCUT2D eigenvalue weighted by Crippen LogP contribution is 2.49. The lowest BCUT2D eigenvalue weighted by Crippen LogP contribution is -2.52. The minimum absolute atomic E-state index is 0.122. The third-order valence-electron chi connectivity index (χ3n) is 6.21. The molecular weight excluding hydrogens is 450 g/mol. The minimum atomic E-state index is -2.91. The van der Waals surface area contributed by atoms with E-state index in [-0.39, 0.29) is 17.1 Å². The fraction of sp³-hybridized carbons (Fsp3) is 0.304. The summed E-state index contributed by atoms with van der Waals surface area (Å²) in [5.74, 6) is 0.708. The van der Waals surface area contributed by atoms with Crippen LogP contribution in [0.25, 0.3) is 27.7 Å². The van der Waals surface area contributed by atoms with Crippen molar-refractivity contribution in [3.8, 4) is 17.2 Å². The van der Waals surface area contributed by atoms with Crippen molar-refractivity contribution < 1.29 is 13.9 Å². The zero-order valence-corrected chi connectivity index (χ0v) is 18.0. The van der Waals surface area contributed by atoms with Gasteiger partial charge >= 0.3 is 0 Å². The van der Waals surface area contributed by atoms with E-state index in [1.807, 2.05) is 23.1 Å². The molecule has 0 atom stereocenters. The molecule has 10 heteroatoms. The summed E-state index contributed by atoms with van der Waals surface area (Å²) >= 11 is 6.18. The maximum Gasteiger partial charge on any atom is 0.283 e. The lowest BCUT2D eigenvalue weighted by atomic mass is 9.96. The summed E-state index contributed by atoms with van der Waals surface area (Å²) in [7, 11) is 0. The number of nitriles is 1. The number of anilines is 1. The first kappa shape index (κ1) is 20.3. The molecule has 1 aliphatic heterocycles. The van der Waals surface area contributed by atoms with Gasteiger partial charge in [-0.2, -0.15) is 14.9 Å². The second-order valence-corrected chi connectivity index (χ2v) is 8.89. The van der Waals surface area contributed by atoms with E-state index in [4.69, 9.17) is 16.6 Å². The molecule has 6 rings (SSSR count). The van der Waals surface area contributed by atoms with Crippen molar-refractivity contribution in [2.75, 3.05) is 18.0 Å². The first-order valence-electron chi connectivity index (χ1n) is 10.6. The molecule has 3 aromatic heterocycles. The Morgan fingerprint density at radius 3 is 2.67 bits per heavy atom. The summed E-state index contributed by atoms with van der Waals surface area (Å²) in [6.07, 6.45) is 0.0834. The molecule has 1 aliphatic carbocycles. The maximum atomic E-state index is 13.8. The monoisotopic (exact) mass is 466 g/mol. The second-order valence-electron chi connectivity index (χ2n) is 8.46. The number of rotatable bonds is 4. The van der Waals surface area contributed by atoms with Crippen LogP contribution in [-0.4, -0.2) is 43.9 Å². The van der Waals surface area contributed by atoms with Crippen molar-refractivity contribution >= 4 is 34.0 Å². The number of β-amino-alcohol motifs (C(OH)–C–C–N with tert-alkyl or cyclic N) is 1. The van der Waals surface area contributed by atoms with Crippen LogP contribution in [0.2, 0.25) is 5.02 Å². The van der Waals surface area contributed by atoms with Crippen molar-refractivity contribution in [2.45, 2.75) is 31.3 Å². The molecule has 2 aliphatic rings. The molecule has 4 aromatic rings. The second kappa shape index (κ2) is 7.33. The molecule has 0 bridgehead atoms. The Morgan fingerprint density at radius 1 is 1.21 bits per heavy atom. The van der Waals surface area contributed by atoms with Crippen molar-refractivity contribution in [3.63, 3.8) is 0 Å². The van der Waals surface area contributed by atoms with Gasteiger partial charge in [-0.05, 0) is 36.6 Å². The van der Waals surface area contributed by atoms with Gasteiger partial charge in [0, 0.05) is 41.2 Å². The minimum Gasteiger partial charge on any atom is -0.389 e. The predicted molar refractivity (Wildman–Crippen MR) is 119 cm³/mol. The molecular formula is C23H17ClF2N6O. The summed E-state index contributed by atoms with van der Waals surface area (Å²) in [6.45, 7) is 0.660. The molecule has 7 nitrogen and oxygen atoms in total. The number of fused-ring (bicyclic) bond motifs is 2. The number of nitrogens with zero attached hydrogens (tertiary/aromatic N) is 6. The largest absolute Gasteiger partial charge is 0.389 e. The zero-order chi connectivity index (χ0) is 22.9. The van der Waals surface area contributed by atoms with E-state index >= 15 is 0 Å². The Balaban J connectivity index is 1.74. The molecule has 33 heavy (non-hydrogen) atoms. The Bertz CT molecular complexity index is 1470. The number of pyridine rings is 1. The van der Waals surface area contributed by atoms with E-state index in [0.717, 1.165) is 35.0 Å². The quantitative estimate of drug-likeness (QED) is 0.477. The number of benzene rings is 1. The Hall–Kier alpha value is -3.35. The molecule has 1 N–H and O–H groups in total. The van der Waals surface area contributed by atoms with Crippen molar-refractivity contribution in [1.29, 1.82) is 5.26 Å². The highest BCUT2D eigenvalue weighted by Gasteiger charge is 2.37. The van der Waals surface area contributed by atoms with Crippen LogP contribution in [0, 0.1) is 11.3 Å². The number of aliphatic hydroxyl groups is 1. The van der Waals surface area contributed by atoms with Gasteiger partial charge in [-0.25, -0.2) is 13.8 Å². The lowest BCUT2D eigenvalue weighted by Gasteiger charge is -2.39. The van der Waals surface area contributed by atoms with Gasteiger partial charge < -0.3 is 10.0 Å². The average molecular weight is 467 g/mol. The molecule has 1 saturated heterocycles. The molecule has 0 amide bonds. The van der Waals surface area contributed by atoms with E-state index in [1.165, 1.54) is 4.52 Å². The van der Waals surface area contributed by atoms with Gasteiger partial charge in [0.1, 0.15) is 23.1 Å². The van der Waals surface area contributed by atoms with Crippen LogP contribution in [0.15, 0.2) is 30.5 Å². The number of aromatic nitrogens is 4. The summed E-state index contributed by atoms with van der Waals surface area (Å²) in [6, 6.07) is 9.17. The van der Waals surface area contributed by atoms with Gasteiger partial charge in [-0.1, -0.05) is 17.7 Å². The van der Waals surface area contributed by atoms with Crippen LogP contribution in [-0.2, 0) is 0 Å². The van der Waals surface area contributed by atoms with Crippen molar-refractivity contribution in [1.82, 2.24) is 19.6 Å². The molecule has 1 saturated carbocycles. The van der Waals surface area contributed by atoms with Crippen LogP contribution < -0.4 is 4.90 Å². The fourth-order valence-corrected chi connectivity index (χ4v) is 4.66. The zero-order valence-electron chi connectivity index (χ0n) is 17.2. The van der Waals surface area contributed by atoms with Gasteiger partial charge in [0.2, 0.25) is 0 Å². The van der Waals surface area contributed by atoms with Crippen molar-refractivity contribution in [3.05, 3.63) is 52.4 Å². The summed E-state index contributed by atoms with van der Waals surface area (Å²) in [5.41, 5.74) is 2.36. The summed E-state index contributed by atoms with van der Waals surface area (Å²) < 4.78 is 28.9. The number of alkyl halides is 2. The first-order valence-corrected chi connectivity index (χ1v) is 11.0. The Kier molecular flexibility index (Phi) is 4.50. The molecule has 0 radical (unpaired) electrons. The molecule has 2 fully saturated rings. The molecule has 1 aromatic carbocycles. The standard InChI is InChI=1S/C23H17ClF2N6O/c24-12-3-4-14-15(5-6-28-17(14)7-12)18-19(11-1-2-11)29-22-16(8-27)20(21(25)26)30-32(22)23(18)31-9-13(33)10-31/h3-7,11,13,21,33H,1-2,9-10H2. The van der Waals surface area contributed by atoms with Crippen LogP contribution in [0.1, 0.15) is 42.1 Å². The Morgan fingerprint density at radius 2 is 2.00 bits per heavy atom. The van der Waals surface area contributed by atoms with Crippen LogP contribution >= 0.6 is 11.6 Å². The van der Waals surface area contributed by atoms with E-state index < -0.39 is 18.2 Å². The molecule has 4 heterocycles. The highest BCUT2D eigenvalue weighted by atomic mass is 35.5. The normalized spacial score (nSPS) is 16.5. The number of halogens is 3. The number of aliphatic hydroxyl groups excluding tert-OH is 1. The average Bonchev–Trinajstić information content (AvgIpc) is 3.55. The molecule has 166 valence electrons. The maximum absolute atomic E-state index is 13.8. The lowest BCUT2D eigenvalue weighted by molar-refractivity contribution is 0.140. The topological polar surface area (TPSA) is 90.3 Å². The van der Waals surface area contributed by atoms with Gasteiger partial charge in [-0.3, -0.25) is 4.98 Å². The highest BCUT2D eigenvalue weighted by molar-refractivity contribution is 6.31. The molecule has 0 unspecified atom stereocenters. The van der Waals surface area contributed by atoms with E-state index in [1.54, 1.807) is 18.3 Å². The Labute approximate surface area is 191 Å². The molecule has 0 spiro atoms. The van der Waals surface area contributed by atoms with E-state index in [0.29, 0.717) is 29.4 Å².